The molecule has 96 valence electrons. The fourth-order valence-electron chi connectivity index (χ4n) is 2.16. The van der Waals surface area contributed by atoms with E-state index in [1.165, 1.54) is 5.56 Å². The van der Waals surface area contributed by atoms with Gasteiger partial charge in [-0.2, -0.15) is 0 Å². The number of pyridine rings is 1. The van der Waals surface area contributed by atoms with Gasteiger partial charge in [0.1, 0.15) is 5.82 Å². The van der Waals surface area contributed by atoms with Gasteiger partial charge >= 0.3 is 0 Å². The van der Waals surface area contributed by atoms with E-state index in [1.54, 1.807) is 12.4 Å². The van der Waals surface area contributed by atoms with Crippen molar-refractivity contribution in [3.05, 3.63) is 48.3 Å². The van der Waals surface area contributed by atoms with Gasteiger partial charge in [-0.1, -0.05) is 6.07 Å². The number of nitrogens with two attached hydrogens (primary N) is 1. The quantitative estimate of drug-likeness (QED) is 0.749. The maximum absolute atomic E-state index is 5.54. The van der Waals surface area contributed by atoms with Crippen molar-refractivity contribution in [3.63, 3.8) is 0 Å². The molecule has 0 fully saturated rings. The van der Waals surface area contributed by atoms with E-state index in [-0.39, 0.29) is 0 Å². The van der Waals surface area contributed by atoms with Crippen molar-refractivity contribution in [3.8, 4) is 11.4 Å². The van der Waals surface area contributed by atoms with Gasteiger partial charge in [-0.25, -0.2) is 4.98 Å². The molecule has 0 aliphatic carbocycles. The number of imidazole rings is 1. The molecular weight excluding hydrogens is 236 g/mol. The highest BCUT2D eigenvalue weighted by Gasteiger charge is 2.05. The predicted octanol–water partition coefficient (Wildman–Crippen LogP) is 2.52. The third kappa shape index (κ3) is 2.48. The summed E-state index contributed by atoms with van der Waals surface area (Å²) in [7, 11) is 0. The van der Waals surface area contributed by atoms with Crippen LogP contribution in [0.15, 0.2) is 42.7 Å². The molecule has 0 saturated carbocycles. The smallest absolute Gasteiger partial charge is 0.138 e. The molecule has 3 rings (SSSR count). The second-order valence-electron chi connectivity index (χ2n) is 4.57. The molecule has 1 aromatic carbocycles. The van der Waals surface area contributed by atoms with E-state index in [9.17, 15) is 0 Å². The van der Waals surface area contributed by atoms with Gasteiger partial charge in [0, 0.05) is 18.0 Å². The maximum atomic E-state index is 5.54. The Kier molecular flexibility index (Phi) is 3.25. The number of aromatic nitrogens is 3. The van der Waals surface area contributed by atoms with Crippen LogP contribution >= 0.6 is 0 Å². The van der Waals surface area contributed by atoms with E-state index in [1.807, 2.05) is 12.1 Å². The van der Waals surface area contributed by atoms with E-state index in [0.717, 1.165) is 41.8 Å². The van der Waals surface area contributed by atoms with Crippen molar-refractivity contribution in [2.75, 3.05) is 6.54 Å². The number of H-pyrrole nitrogens is 1. The van der Waals surface area contributed by atoms with Crippen LogP contribution < -0.4 is 5.73 Å². The van der Waals surface area contributed by atoms with Crippen LogP contribution in [0.1, 0.15) is 12.0 Å². The summed E-state index contributed by atoms with van der Waals surface area (Å²) in [6.45, 7) is 0.725. The van der Waals surface area contributed by atoms with Gasteiger partial charge in [-0.15, -0.1) is 0 Å². The highest BCUT2D eigenvalue weighted by atomic mass is 14.9. The van der Waals surface area contributed by atoms with Crippen LogP contribution in [-0.4, -0.2) is 21.5 Å². The molecule has 3 N–H and O–H groups in total. The van der Waals surface area contributed by atoms with Crippen molar-refractivity contribution in [1.29, 1.82) is 0 Å². The highest BCUT2D eigenvalue weighted by Crippen LogP contribution is 2.21. The van der Waals surface area contributed by atoms with Crippen LogP contribution in [0.3, 0.4) is 0 Å². The average Bonchev–Trinajstić information content (AvgIpc) is 2.89. The summed E-state index contributed by atoms with van der Waals surface area (Å²) in [6, 6.07) is 10.2. The van der Waals surface area contributed by atoms with Crippen molar-refractivity contribution < 1.29 is 0 Å². The molecule has 0 bridgehead atoms. The summed E-state index contributed by atoms with van der Waals surface area (Å²) in [5.41, 5.74) is 9.95. The first kappa shape index (κ1) is 11.9. The molecule has 3 aromatic rings. The molecule has 0 spiro atoms. The summed E-state index contributed by atoms with van der Waals surface area (Å²) in [5, 5.41) is 0. The second-order valence-corrected chi connectivity index (χ2v) is 4.57. The van der Waals surface area contributed by atoms with E-state index >= 15 is 0 Å². The number of hydrogen-bond donors (Lipinski definition) is 2. The van der Waals surface area contributed by atoms with Crippen molar-refractivity contribution in [1.82, 2.24) is 15.0 Å². The molecule has 2 aromatic heterocycles. The molecule has 0 aliphatic rings. The normalized spacial score (nSPS) is 11.0. The number of rotatable bonds is 4. The zero-order valence-corrected chi connectivity index (χ0v) is 10.6. The molecule has 2 heterocycles. The van der Waals surface area contributed by atoms with Crippen LogP contribution in [0, 0.1) is 0 Å². The van der Waals surface area contributed by atoms with Crippen LogP contribution in [0.4, 0.5) is 0 Å². The highest BCUT2D eigenvalue weighted by molar-refractivity contribution is 5.79. The Labute approximate surface area is 111 Å². The average molecular weight is 252 g/mol. The van der Waals surface area contributed by atoms with Gasteiger partial charge in [0.15, 0.2) is 0 Å². The third-order valence-electron chi connectivity index (χ3n) is 3.17. The fourth-order valence-corrected chi connectivity index (χ4v) is 2.16. The van der Waals surface area contributed by atoms with E-state index in [0.29, 0.717) is 0 Å². The van der Waals surface area contributed by atoms with Gasteiger partial charge in [0.25, 0.3) is 0 Å². The topological polar surface area (TPSA) is 67.6 Å². The summed E-state index contributed by atoms with van der Waals surface area (Å²) < 4.78 is 0. The molecule has 19 heavy (non-hydrogen) atoms. The molecule has 0 radical (unpaired) electrons. The Morgan fingerprint density at radius 3 is 2.74 bits per heavy atom. The molecule has 4 heteroatoms. The molecule has 4 nitrogen and oxygen atoms in total. The van der Waals surface area contributed by atoms with Crippen LogP contribution in [0.25, 0.3) is 22.4 Å². The van der Waals surface area contributed by atoms with E-state index in [2.05, 4.69) is 33.2 Å². The molecule has 0 aliphatic heterocycles. The summed E-state index contributed by atoms with van der Waals surface area (Å²) in [5.74, 6) is 0.883. The van der Waals surface area contributed by atoms with Crippen LogP contribution in [0.2, 0.25) is 0 Å². The molecule has 0 saturated heterocycles. The van der Waals surface area contributed by atoms with Crippen LogP contribution in [-0.2, 0) is 6.42 Å². The van der Waals surface area contributed by atoms with E-state index in [4.69, 9.17) is 5.73 Å². The van der Waals surface area contributed by atoms with Gasteiger partial charge in [0.2, 0.25) is 0 Å². The monoisotopic (exact) mass is 252 g/mol. The number of nitrogens with zero attached hydrogens (tertiary/aromatic N) is 2. The Bertz CT molecular complexity index is 673. The Hall–Kier alpha value is -2.20. The summed E-state index contributed by atoms with van der Waals surface area (Å²) in [4.78, 5) is 12.0. The Morgan fingerprint density at radius 2 is 1.95 bits per heavy atom. The van der Waals surface area contributed by atoms with Crippen molar-refractivity contribution in [2.45, 2.75) is 12.8 Å². The maximum Gasteiger partial charge on any atom is 0.138 e. The number of aryl methyl sites for hydroxylation is 1. The SMILES string of the molecule is NCCCc1ccc2nc(-c3ccncc3)[nH]c2c1. The van der Waals surface area contributed by atoms with Crippen molar-refractivity contribution in [2.24, 2.45) is 5.73 Å². The molecule has 0 unspecified atom stereocenters. The minimum absolute atomic E-state index is 0.725. The van der Waals surface area contributed by atoms with E-state index < -0.39 is 0 Å². The van der Waals surface area contributed by atoms with Gasteiger partial charge < -0.3 is 10.7 Å². The molecule has 0 amide bonds. The number of fused-ring (bicyclic) bond motifs is 1. The minimum Gasteiger partial charge on any atom is -0.338 e. The lowest BCUT2D eigenvalue weighted by Gasteiger charge is -1.98. The predicted molar refractivity (Wildman–Crippen MR) is 76.7 cm³/mol. The third-order valence-corrected chi connectivity index (χ3v) is 3.17. The van der Waals surface area contributed by atoms with Crippen molar-refractivity contribution >= 4 is 11.0 Å². The zero-order chi connectivity index (χ0) is 13.1. The van der Waals surface area contributed by atoms with Gasteiger partial charge in [-0.05, 0) is 49.2 Å². The lowest BCUT2D eigenvalue weighted by Crippen LogP contribution is -2.00. The molecular formula is C15H16N4. The number of benzene rings is 1. The largest absolute Gasteiger partial charge is 0.338 e. The Balaban J connectivity index is 1.97. The summed E-state index contributed by atoms with van der Waals surface area (Å²) in [6.07, 6.45) is 5.57. The van der Waals surface area contributed by atoms with Crippen LogP contribution in [0.5, 0.6) is 0 Å². The van der Waals surface area contributed by atoms with Gasteiger partial charge in [0.05, 0.1) is 11.0 Å². The zero-order valence-electron chi connectivity index (χ0n) is 10.6. The number of aromatic amines is 1. The lowest BCUT2D eigenvalue weighted by atomic mass is 10.1. The second kappa shape index (κ2) is 5.20. The Morgan fingerprint density at radius 1 is 1.11 bits per heavy atom. The number of hydrogen-bond acceptors (Lipinski definition) is 3. The molecule has 0 atom stereocenters. The first-order valence-electron chi connectivity index (χ1n) is 6.46. The minimum atomic E-state index is 0.725. The fraction of sp³-hybridized carbons (Fsp3) is 0.200. The summed E-state index contributed by atoms with van der Waals surface area (Å²) >= 11 is 0. The lowest BCUT2D eigenvalue weighted by molar-refractivity contribution is 0.833. The standard InChI is InChI=1S/C15H16N4/c16-7-1-2-11-3-4-13-14(10-11)19-15(18-13)12-5-8-17-9-6-12/h3-6,8-10H,1-2,7,16H2,(H,18,19). The van der Waals surface area contributed by atoms with Gasteiger partial charge in [-0.3, -0.25) is 4.98 Å². The first-order valence-corrected chi connectivity index (χ1v) is 6.46. The number of nitrogens with one attached hydrogen (secondary N) is 1. The first-order chi connectivity index (χ1) is 9.36.